The number of benzene rings is 1. The maximum Gasteiger partial charge on any atom is 0.218 e. The highest BCUT2D eigenvalue weighted by atomic mass is 32.2. The SMILES string of the molecule is NC(=S)c1ccc(CS(=O)(=O)N2CCCC(CO)C2)cc1. The molecule has 21 heavy (non-hydrogen) atoms. The molecule has 1 aromatic rings. The average molecular weight is 328 g/mol. The minimum atomic E-state index is -3.35. The fourth-order valence-corrected chi connectivity index (χ4v) is 4.27. The first-order valence-electron chi connectivity index (χ1n) is 6.90. The third kappa shape index (κ3) is 4.23. The summed E-state index contributed by atoms with van der Waals surface area (Å²) in [6.45, 7) is 0.974. The highest BCUT2D eigenvalue weighted by Gasteiger charge is 2.28. The van der Waals surface area contributed by atoms with Crippen LogP contribution in [0, 0.1) is 5.92 Å². The predicted octanol–water partition coefficient (Wildman–Crippen LogP) is 0.855. The van der Waals surface area contributed by atoms with Crippen LogP contribution in [0.4, 0.5) is 0 Å². The number of thiocarbonyl (C=S) groups is 1. The van der Waals surface area contributed by atoms with Gasteiger partial charge < -0.3 is 10.8 Å². The minimum Gasteiger partial charge on any atom is -0.396 e. The standard InChI is InChI=1S/C14H20N2O3S2/c15-14(20)13-5-3-11(4-6-13)10-21(18,19)16-7-1-2-12(8-16)9-17/h3-6,12,17H,1-2,7-10H2,(H2,15,20). The van der Waals surface area contributed by atoms with Crippen LogP contribution < -0.4 is 5.73 Å². The maximum absolute atomic E-state index is 12.4. The Labute approximate surface area is 130 Å². The lowest BCUT2D eigenvalue weighted by molar-refractivity contribution is 0.165. The zero-order valence-electron chi connectivity index (χ0n) is 11.7. The van der Waals surface area contributed by atoms with E-state index in [0.717, 1.165) is 18.4 Å². The Hall–Kier alpha value is -1.02. The van der Waals surface area contributed by atoms with Gasteiger partial charge in [0.1, 0.15) is 4.99 Å². The molecule has 116 valence electrons. The van der Waals surface area contributed by atoms with E-state index in [0.29, 0.717) is 23.6 Å². The summed E-state index contributed by atoms with van der Waals surface area (Å²) in [7, 11) is -3.35. The van der Waals surface area contributed by atoms with Crippen molar-refractivity contribution >= 4 is 27.2 Å². The highest BCUT2D eigenvalue weighted by molar-refractivity contribution is 7.88. The summed E-state index contributed by atoms with van der Waals surface area (Å²) in [5.41, 5.74) is 6.96. The smallest absolute Gasteiger partial charge is 0.218 e. The molecule has 0 saturated carbocycles. The van der Waals surface area contributed by atoms with Crippen LogP contribution in [0.2, 0.25) is 0 Å². The second-order valence-electron chi connectivity index (χ2n) is 5.37. The molecule has 0 aromatic heterocycles. The van der Waals surface area contributed by atoms with E-state index >= 15 is 0 Å². The van der Waals surface area contributed by atoms with Crippen LogP contribution in [0.3, 0.4) is 0 Å². The number of aliphatic hydroxyl groups excluding tert-OH is 1. The van der Waals surface area contributed by atoms with Crippen LogP contribution in [0.1, 0.15) is 24.0 Å². The lowest BCUT2D eigenvalue weighted by atomic mass is 10.0. The molecule has 3 N–H and O–H groups in total. The number of piperidine rings is 1. The lowest BCUT2D eigenvalue weighted by Gasteiger charge is -2.31. The van der Waals surface area contributed by atoms with Gasteiger partial charge in [0.15, 0.2) is 0 Å². The van der Waals surface area contributed by atoms with Gasteiger partial charge in [-0.1, -0.05) is 36.5 Å². The monoisotopic (exact) mass is 328 g/mol. The predicted molar refractivity (Wildman–Crippen MR) is 86.3 cm³/mol. The van der Waals surface area contributed by atoms with Gasteiger partial charge in [-0.3, -0.25) is 0 Å². The molecule has 7 heteroatoms. The minimum absolute atomic E-state index is 0.0364. The fraction of sp³-hybridized carbons (Fsp3) is 0.500. The van der Waals surface area contributed by atoms with Gasteiger partial charge in [0.25, 0.3) is 0 Å². The number of rotatable bonds is 5. The maximum atomic E-state index is 12.4. The Bertz CT molecular complexity index is 599. The summed E-state index contributed by atoms with van der Waals surface area (Å²) in [5, 5.41) is 9.20. The van der Waals surface area contributed by atoms with Gasteiger partial charge in [-0.15, -0.1) is 0 Å². The fourth-order valence-electron chi connectivity index (χ4n) is 2.50. The van der Waals surface area contributed by atoms with Crippen molar-refractivity contribution < 1.29 is 13.5 Å². The van der Waals surface area contributed by atoms with Crippen molar-refractivity contribution in [2.45, 2.75) is 18.6 Å². The molecule has 5 nitrogen and oxygen atoms in total. The topological polar surface area (TPSA) is 83.6 Å². The van der Waals surface area contributed by atoms with Crippen molar-refractivity contribution in [2.24, 2.45) is 11.7 Å². The summed E-state index contributed by atoms with van der Waals surface area (Å²) in [4.78, 5) is 0.297. The second kappa shape index (κ2) is 6.83. The van der Waals surface area contributed by atoms with Gasteiger partial charge >= 0.3 is 0 Å². The largest absolute Gasteiger partial charge is 0.396 e. The molecule has 0 amide bonds. The lowest BCUT2D eigenvalue weighted by Crippen LogP contribution is -2.41. The van der Waals surface area contributed by atoms with E-state index < -0.39 is 10.0 Å². The molecule has 1 aliphatic heterocycles. The Morgan fingerprint density at radius 1 is 1.38 bits per heavy atom. The van der Waals surface area contributed by atoms with Crippen LogP contribution in [0.15, 0.2) is 24.3 Å². The molecule has 1 heterocycles. The van der Waals surface area contributed by atoms with Gasteiger partial charge in [-0.05, 0) is 24.3 Å². The molecule has 2 rings (SSSR count). The van der Waals surface area contributed by atoms with E-state index in [1.807, 2.05) is 0 Å². The molecule has 1 unspecified atom stereocenters. The van der Waals surface area contributed by atoms with Crippen molar-refractivity contribution in [3.05, 3.63) is 35.4 Å². The number of aliphatic hydroxyl groups is 1. The molecule has 0 bridgehead atoms. The first kappa shape index (κ1) is 16.4. The van der Waals surface area contributed by atoms with Crippen LogP contribution in [0.5, 0.6) is 0 Å². The van der Waals surface area contributed by atoms with Gasteiger partial charge in [0.2, 0.25) is 10.0 Å². The van der Waals surface area contributed by atoms with Crippen LogP contribution in [-0.4, -0.2) is 42.5 Å². The summed E-state index contributed by atoms with van der Waals surface area (Å²) < 4.78 is 26.3. The molecule has 1 aliphatic rings. The van der Waals surface area contributed by atoms with E-state index in [4.69, 9.17) is 18.0 Å². The van der Waals surface area contributed by atoms with Crippen molar-refractivity contribution in [2.75, 3.05) is 19.7 Å². The molecule has 0 aliphatic carbocycles. The number of nitrogens with two attached hydrogens (primary N) is 1. The van der Waals surface area contributed by atoms with E-state index in [9.17, 15) is 13.5 Å². The van der Waals surface area contributed by atoms with Crippen LogP contribution in [-0.2, 0) is 15.8 Å². The molecule has 0 spiro atoms. The summed E-state index contributed by atoms with van der Waals surface area (Å²) in [6, 6.07) is 6.94. The van der Waals surface area contributed by atoms with Crippen LogP contribution in [0.25, 0.3) is 0 Å². The Morgan fingerprint density at radius 2 is 2.05 bits per heavy atom. The van der Waals surface area contributed by atoms with Gasteiger partial charge in [0, 0.05) is 25.3 Å². The number of sulfonamides is 1. The first-order valence-corrected chi connectivity index (χ1v) is 8.91. The summed E-state index contributed by atoms with van der Waals surface area (Å²) in [6.07, 6.45) is 1.68. The van der Waals surface area contributed by atoms with Gasteiger partial charge in [-0.25, -0.2) is 12.7 Å². The highest BCUT2D eigenvalue weighted by Crippen LogP contribution is 2.21. The third-order valence-corrected chi connectivity index (χ3v) is 5.77. The Morgan fingerprint density at radius 3 is 2.62 bits per heavy atom. The third-order valence-electron chi connectivity index (χ3n) is 3.72. The van der Waals surface area contributed by atoms with E-state index in [2.05, 4.69) is 0 Å². The normalized spacial score (nSPS) is 20.3. The van der Waals surface area contributed by atoms with Crippen molar-refractivity contribution in [3.63, 3.8) is 0 Å². The first-order chi connectivity index (χ1) is 9.92. The van der Waals surface area contributed by atoms with Crippen molar-refractivity contribution in [1.82, 2.24) is 4.31 Å². The Balaban J connectivity index is 2.08. The average Bonchev–Trinajstić information content (AvgIpc) is 2.47. The summed E-state index contributed by atoms with van der Waals surface area (Å²) in [5.74, 6) is 0.00785. The van der Waals surface area contributed by atoms with Crippen molar-refractivity contribution in [1.29, 1.82) is 0 Å². The quantitative estimate of drug-likeness (QED) is 0.783. The van der Waals surface area contributed by atoms with E-state index in [-0.39, 0.29) is 18.3 Å². The molecular formula is C14H20N2O3S2. The molecule has 1 atom stereocenters. The van der Waals surface area contributed by atoms with E-state index in [1.165, 1.54) is 4.31 Å². The molecular weight excluding hydrogens is 308 g/mol. The number of nitrogens with zero attached hydrogens (tertiary/aromatic N) is 1. The molecule has 1 aromatic carbocycles. The van der Waals surface area contributed by atoms with Gasteiger partial charge in [-0.2, -0.15) is 0 Å². The zero-order valence-corrected chi connectivity index (χ0v) is 13.4. The molecule has 1 fully saturated rings. The molecule has 0 radical (unpaired) electrons. The molecule has 1 saturated heterocycles. The zero-order chi connectivity index (χ0) is 15.5. The van der Waals surface area contributed by atoms with E-state index in [1.54, 1.807) is 24.3 Å². The Kier molecular flexibility index (Phi) is 5.32. The number of hydrogen-bond donors (Lipinski definition) is 2. The summed E-state index contributed by atoms with van der Waals surface area (Å²) >= 11 is 4.87. The van der Waals surface area contributed by atoms with Gasteiger partial charge in [0.05, 0.1) is 5.75 Å². The second-order valence-corrected chi connectivity index (χ2v) is 7.77. The van der Waals surface area contributed by atoms with Crippen molar-refractivity contribution in [3.8, 4) is 0 Å². The van der Waals surface area contributed by atoms with Crippen LogP contribution >= 0.6 is 12.2 Å². The number of hydrogen-bond acceptors (Lipinski definition) is 4.